The molecule has 4 heterocycles. The first-order valence-electron chi connectivity index (χ1n) is 10.8. The maximum absolute atomic E-state index is 11.9. The number of piperidine rings is 1. The SMILES string of the molecule is O=C(C=Cc1cnc(N[C@@H]2CCCN(Cc3ccsc3)C2)cn1)NOC1CCCCO1. The van der Waals surface area contributed by atoms with Crippen molar-refractivity contribution in [3.63, 3.8) is 0 Å². The monoisotopic (exact) mass is 443 g/mol. The van der Waals surface area contributed by atoms with Crippen molar-refractivity contribution in [2.24, 2.45) is 0 Å². The molecule has 0 saturated carbocycles. The maximum Gasteiger partial charge on any atom is 0.267 e. The Morgan fingerprint density at radius 3 is 3.03 bits per heavy atom. The minimum Gasteiger partial charge on any atom is -0.365 e. The molecule has 2 aliphatic heterocycles. The summed E-state index contributed by atoms with van der Waals surface area (Å²) in [5, 5.41) is 7.83. The van der Waals surface area contributed by atoms with E-state index in [0.29, 0.717) is 18.3 Å². The molecule has 1 amide bonds. The third kappa shape index (κ3) is 7.10. The van der Waals surface area contributed by atoms with Crippen molar-refractivity contribution in [1.29, 1.82) is 0 Å². The molecule has 2 aromatic heterocycles. The van der Waals surface area contributed by atoms with Crippen molar-refractivity contribution in [3.8, 4) is 0 Å². The topological polar surface area (TPSA) is 88.6 Å². The second-order valence-corrected chi connectivity index (χ2v) is 8.67. The van der Waals surface area contributed by atoms with E-state index < -0.39 is 0 Å². The molecule has 166 valence electrons. The van der Waals surface area contributed by atoms with Gasteiger partial charge in [0.15, 0.2) is 6.29 Å². The number of carbonyl (C=O) groups is 1. The fraction of sp³-hybridized carbons (Fsp3) is 0.500. The molecule has 4 rings (SSSR count). The third-order valence-corrected chi connectivity index (χ3v) is 6.08. The molecule has 8 nitrogen and oxygen atoms in total. The average molecular weight is 444 g/mol. The van der Waals surface area contributed by atoms with E-state index in [-0.39, 0.29) is 12.2 Å². The number of thiophene rings is 1. The predicted octanol–water partition coefficient (Wildman–Crippen LogP) is 3.20. The first-order valence-corrected chi connectivity index (χ1v) is 11.8. The summed E-state index contributed by atoms with van der Waals surface area (Å²) in [4.78, 5) is 28.4. The second-order valence-electron chi connectivity index (χ2n) is 7.89. The number of nitrogens with one attached hydrogen (secondary N) is 2. The number of hydroxylamine groups is 1. The zero-order valence-electron chi connectivity index (χ0n) is 17.5. The summed E-state index contributed by atoms with van der Waals surface area (Å²) in [6, 6.07) is 2.54. The molecule has 2 fully saturated rings. The van der Waals surface area contributed by atoms with Gasteiger partial charge in [0.25, 0.3) is 5.91 Å². The van der Waals surface area contributed by atoms with Gasteiger partial charge in [-0.05, 0) is 60.7 Å². The number of carbonyl (C=O) groups excluding carboxylic acids is 1. The van der Waals surface area contributed by atoms with Crippen LogP contribution in [0.5, 0.6) is 0 Å². The van der Waals surface area contributed by atoms with Crippen molar-refractivity contribution in [3.05, 3.63) is 46.6 Å². The Hall–Kier alpha value is -2.33. The predicted molar refractivity (Wildman–Crippen MR) is 120 cm³/mol. The van der Waals surface area contributed by atoms with Gasteiger partial charge in [-0.2, -0.15) is 11.3 Å². The van der Waals surface area contributed by atoms with Gasteiger partial charge in [0.05, 0.1) is 18.1 Å². The van der Waals surface area contributed by atoms with Crippen LogP contribution < -0.4 is 10.8 Å². The Balaban J connectivity index is 1.21. The van der Waals surface area contributed by atoms with Crippen molar-refractivity contribution in [1.82, 2.24) is 20.3 Å². The smallest absolute Gasteiger partial charge is 0.267 e. The molecule has 2 saturated heterocycles. The summed E-state index contributed by atoms with van der Waals surface area (Å²) in [5.74, 6) is 0.396. The number of likely N-dealkylation sites (tertiary alicyclic amines) is 1. The standard InChI is InChI=1S/C22H29N5O3S/c28-21(26-30-22-5-1-2-10-29-22)7-6-18-12-24-20(13-23-18)25-19-4-3-9-27(15-19)14-17-8-11-31-16-17/h6-8,11-13,16,19,22H,1-5,9-10,14-15H2,(H,24,25)(H,26,28)/t19-,22?/m1/s1. The molecule has 0 radical (unpaired) electrons. The van der Waals surface area contributed by atoms with Gasteiger partial charge in [0.1, 0.15) is 5.82 Å². The zero-order valence-corrected chi connectivity index (χ0v) is 18.4. The van der Waals surface area contributed by atoms with Gasteiger partial charge in [0.2, 0.25) is 0 Å². The molecule has 31 heavy (non-hydrogen) atoms. The molecule has 2 aromatic rings. The first-order chi connectivity index (χ1) is 15.2. The van der Waals surface area contributed by atoms with Crippen molar-refractivity contribution < 1.29 is 14.4 Å². The zero-order chi connectivity index (χ0) is 21.3. The van der Waals surface area contributed by atoms with Crippen LogP contribution in [0.2, 0.25) is 0 Å². The van der Waals surface area contributed by atoms with Crippen molar-refractivity contribution >= 4 is 29.1 Å². The number of anilines is 1. The van der Waals surface area contributed by atoms with Crippen LogP contribution in [0.3, 0.4) is 0 Å². The first kappa shape index (κ1) is 21.9. The number of hydrogen-bond acceptors (Lipinski definition) is 8. The molecule has 9 heteroatoms. The highest BCUT2D eigenvalue weighted by atomic mass is 32.1. The molecular weight excluding hydrogens is 414 g/mol. The quantitative estimate of drug-likeness (QED) is 0.478. The van der Waals surface area contributed by atoms with Gasteiger partial charge < -0.3 is 10.1 Å². The average Bonchev–Trinajstić information content (AvgIpc) is 3.31. The fourth-order valence-corrected chi connectivity index (χ4v) is 4.45. The molecule has 1 unspecified atom stereocenters. The van der Waals surface area contributed by atoms with E-state index in [1.54, 1.807) is 29.8 Å². The summed E-state index contributed by atoms with van der Waals surface area (Å²) in [7, 11) is 0. The van der Waals surface area contributed by atoms with Gasteiger partial charge >= 0.3 is 0 Å². The van der Waals surface area contributed by atoms with Crippen LogP contribution in [0.4, 0.5) is 5.82 Å². The molecule has 0 aromatic carbocycles. The van der Waals surface area contributed by atoms with Crippen LogP contribution in [0.1, 0.15) is 43.4 Å². The van der Waals surface area contributed by atoms with E-state index in [1.807, 2.05) is 0 Å². The highest BCUT2D eigenvalue weighted by Crippen LogP contribution is 2.18. The van der Waals surface area contributed by atoms with Gasteiger partial charge in [0, 0.05) is 38.2 Å². The van der Waals surface area contributed by atoms with Gasteiger partial charge in [-0.15, -0.1) is 0 Å². The van der Waals surface area contributed by atoms with E-state index in [2.05, 4.69) is 42.5 Å². The van der Waals surface area contributed by atoms with Crippen LogP contribution in [-0.2, 0) is 20.9 Å². The molecule has 0 spiro atoms. The Bertz CT molecular complexity index is 837. The number of aromatic nitrogens is 2. The molecule has 2 aliphatic rings. The molecular formula is C22H29N5O3S. The molecule has 2 N–H and O–H groups in total. The largest absolute Gasteiger partial charge is 0.365 e. The number of nitrogens with zero attached hydrogens (tertiary/aromatic N) is 3. The van der Waals surface area contributed by atoms with E-state index in [0.717, 1.165) is 51.1 Å². The number of hydrogen-bond donors (Lipinski definition) is 2. The van der Waals surface area contributed by atoms with Gasteiger partial charge in [-0.3, -0.25) is 14.7 Å². The normalized spacial score (nSPS) is 22.5. The lowest BCUT2D eigenvalue weighted by atomic mass is 10.1. The lowest BCUT2D eigenvalue weighted by molar-refractivity contribution is -0.198. The molecule has 0 bridgehead atoms. The van der Waals surface area contributed by atoms with Crippen molar-refractivity contribution in [2.45, 2.75) is 51.0 Å². The number of ether oxygens (including phenoxy) is 1. The fourth-order valence-electron chi connectivity index (χ4n) is 3.79. The molecule has 0 aliphatic carbocycles. The van der Waals surface area contributed by atoms with E-state index in [4.69, 9.17) is 9.57 Å². The van der Waals surface area contributed by atoms with Crippen LogP contribution in [0, 0.1) is 0 Å². The summed E-state index contributed by atoms with van der Waals surface area (Å²) in [6.07, 6.45) is 11.1. The van der Waals surface area contributed by atoms with Crippen LogP contribution in [0.15, 0.2) is 35.3 Å². The number of rotatable bonds is 8. The lowest BCUT2D eigenvalue weighted by Crippen LogP contribution is -2.41. The summed E-state index contributed by atoms with van der Waals surface area (Å²) in [6.45, 7) is 3.78. The van der Waals surface area contributed by atoms with E-state index in [1.165, 1.54) is 18.1 Å². The summed E-state index contributed by atoms with van der Waals surface area (Å²) >= 11 is 1.74. The maximum atomic E-state index is 11.9. The van der Waals surface area contributed by atoms with Crippen LogP contribution >= 0.6 is 11.3 Å². The van der Waals surface area contributed by atoms with E-state index in [9.17, 15) is 4.79 Å². The van der Waals surface area contributed by atoms with Gasteiger partial charge in [-0.25, -0.2) is 15.3 Å². The second kappa shape index (κ2) is 11.3. The lowest BCUT2D eigenvalue weighted by Gasteiger charge is -2.33. The van der Waals surface area contributed by atoms with Crippen LogP contribution in [-0.4, -0.2) is 52.8 Å². The Morgan fingerprint density at radius 1 is 1.29 bits per heavy atom. The molecule has 2 atom stereocenters. The highest BCUT2D eigenvalue weighted by Gasteiger charge is 2.20. The summed E-state index contributed by atoms with van der Waals surface area (Å²) < 4.78 is 5.41. The Kier molecular flexibility index (Phi) is 8.00. The van der Waals surface area contributed by atoms with Crippen LogP contribution in [0.25, 0.3) is 6.08 Å². The number of amides is 1. The summed E-state index contributed by atoms with van der Waals surface area (Å²) in [5.41, 5.74) is 4.38. The van der Waals surface area contributed by atoms with E-state index >= 15 is 0 Å². The highest BCUT2D eigenvalue weighted by molar-refractivity contribution is 7.07. The minimum atomic E-state index is -0.364. The third-order valence-electron chi connectivity index (χ3n) is 5.35. The Labute approximate surface area is 186 Å². The van der Waals surface area contributed by atoms with Gasteiger partial charge in [-0.1, -0.05) is 0 Å². The van der Waals surface area contributed by atoms with Crippen molar-refractivity contribution in [2.75, 3.05) is 25.0 Å². The minimum absolute atomic E-state index is 0.355. The Morgan fingerprint density at radius 2 is 2.26 bits per heavy atom.